The molecule has 3 N–H and O–H groups in total. The highest BCUT2D eigenvalue weighted by atomic mass is 32.1. The minimum absolute atomic E-state index is 0.0930. The van der Waals surface area contributed by atoms with Crippen molar-refractivity contribution in [3.8, 4) is 0 Å². The van der Waals surface area contributed by atoms with Crippen molar-refractivity contribution >= 4 is 17.2 Å². The summed E-state index contributed by atoms with van der Waals surface area (Å²) in [5.74, 6) is -0.0930. The van der Waals surface area contributed by atoms with E-state index in [1.165, 1.54) is 37.3 Å². The predicted molar refractivity (Wildman–Crippen MR) is 77.3 cm³/mol. The van der Waals surface area contributed by atoms with Gasteiger partial charge >= 0.3 is 0 Å². The SMILES string of the molecule is CC(N)c1nc(C(=O)NCCCN2CCCC2)cs1. The zero-order valence-corrected chi connectivity index (χ0v) is 12.2. The van der Waals surface area contributed by atoms with Crippen molar-refractivity contribution in [2.45, 2.75) is 32.2 Å². The van der Waals surface area contributed by atoms with E-state index in [1.54, 1.807) is 5.38 Å². The average Bonchev–Trinajstić information content (AvgIpc) is 3.05. The molecule has 1 unspecified atom stereocenters. The summed E-state index contributed by atoms with van der Waals surface area (Å²) in [5.41, 5.74) is 6.21. The van der Waals surface area contributed by atoms with E-state index in [1.807, 2.05) is 6.92 Å². The van der Waals surface area contributed by atoms with Gasteiger partial charge in [-0.2, -0.15) is 0 Å². The van der Waals surface area contributed by atoms with Gasteiger partial charge < -0.3 is 16.0 Å². The van der Waals surface area contributed by atoms with Gasteiger partial charge in [0.1, 0.15) is 10.7 Å². The fourth-order valence-corrected chi connectivity index (χ4v) is 2.96. The predicted octanol–water partition coefficient (Wildman–Crippen LogP) is 1.38. The molecular formula is C13H22N4OS. The Bertz CT molecular complexity index is 413. The van der Waals surface area contributed by atoms with Gasteiger partial charge in [-0.1, -0.05) is 0 Å². The monoisotopic (exact) mass is 282 g/mol. The summed E-state index contributed by atoms with van der Waals surface area (Å²) < 4.78 is 0. The highest BCUT2D eigenvalue weighted by Crippen LogP contribution is 2.15. The Morgan fingerprint density at radius 2 is 2.32 bits per heavy atom. The third kappa shape index (κ3) is 4.26. The highest BCUT2D eigenvalue weighted by molar-refractivity contribution is 7.09. The number of carbonyl (C=O) groups excluding carboxylic acids is 1. The number of hydrogen-bond acceptors (Lipinski definition) is 5. The second-order valence-electron chi connectivity index (χ2n) is 5.02. The normalized spacial score (nSPS) is 17.6. The molecule has 0 saturated carbocycles. The summed E-state index contributed by atoms with van der Waals surface area (Å²) in [6.07, 6.45) is 3.62. The molecule has 1 aliphatic rings. The average molecular weight is 282 g/mol. The van der Waals surface area contributed by atoms with E-state index in [9.17, 15) is 4.79 Å². The lowest BCUT2D eigenvalue weighted by Gasteiger charge is -2.13. The van der Waals surface area contributed by atoms with Crippen molar-refractivity contribution in [3.63, 3.8) is 0 Å². The van der Waals surface area contributed by atoms with E-state index in [0.717, 1.165) is 18.0 Å². The summed E-state index contributed by atoms with van der Waals surface area (Å²) in [6.45, 7) is 6.06. The molecule has 1 aromatic heterocycles. The van der Waals surface area contributed by atoms with Crippen LogP contribution in [0, 0.1) is 0 Å². The molecule has 1 amide bonds. The first-order valence-corrected chi connectivity index (χ1v) is 7.76. The van der Waals surface area contributed by atoms with E-state index in [0.29, 0.717) is 12.2 Å². The summed E-state index contributed by atoms with van der Waals surface area (Å²) in [6, 6.07) is -0.110. The number of carbonyl (C=O) groups is 1. The molecular weight excluding hydrogens is 260 g/mol. The second-order valence-corrected chi connectivity index (χ2v) is 5.91. The number of aromatic nitrogens is 1. The molecule has 2 heterocycles. The van der Waals surface area contributed by atoms with E-state index in [2.05, 4.69) is 15.2 Å². The van der Waals surface area contributed by atoms with Gasteiger partial charge in [-0.25, -0.2) is 4.98 Å². The number of likely N-dealkylation sites (tertiary alicyclic amines) is 1. The number of nitrogens with two attached hydrogens (primary N) is 1. The van der Waals surface area contributed by atoms with Crippen LogP contribution in [-0.2, 0) is 0 Å². The smallest absolute Gasteiger partial charge is 0.270 e. The number of hydrogen-bond donors (Lipinski definition) is 2. The molecule has 1 fully saturated rings. The zero-order valence-electron chi connectivity index (χ0n) is 11.4. The van der Waals surface area contributed by atoms with Crippen LogP contribution in [0.4, 0.5) is 0 Å². The van der Waals surface area contributed by atoms with Crippen LogP contribution in [0.25, 0.3) is 0 Å². The molecule has 0 radical (unpaired) electrons. The van der Waals surface area contributed by atoms with Gasteiger partial charge in [0.2, 0.25) is 0 Å². The van der Waals surface area contributed by atoms with Crippen LogP contribution < -0.4 is 11.1 Å². The van der Waals surface area contributed by atoms with Crippen molar-refractivity contribution < 1.29 is 4.79 Å². The molecule has 2 rings (SSSR count). The molecule has 0 spiro atoms. The first kappa shape index (κ1) is 14.4. The molecule has 1 saturated heterocycles. The van der Waals surface area contributed by atoms with Gasteiger partial charge in [0, 0.05) is 11.9 Å². The van der Waals surface area contributed by atoms with Crippen molar-refractivity contribution in [2.24, 2.45) is 5.73 Å². The minimum atomic E-state index is -0.110. The van der Waals surface area contributed by atoms with Crippen molar-refractivity contribution in [1.82, 2.24) is 15.2 Å². The molecule has 1 atom stereocenters. The Morgan fingerprint density at radius 3 is 2.95 bits per heavy atom. The fourth-order valence-electron chi connectivity index (χ4n) is 2.20. The van der Waals surface area contributed by atoms with Gasteiger partial charge in [-0.3, -0.25) is 4.79 Å². The van der Waals surface area contributed by atoms with Crippen LogP contribution in [-0.4, -0.2) is 42.0 Å². The number of rotatable bonds is 6. The van der Waals surface area contributed by atoms with Crippen molar-refractivity contribution in [1.29, 1.82) is 0 Å². The van der Waals surface area contributed by atoms with E-state index in [4.69, 9.17) is 5.73 Å². The molecule has 0 bridgehead atoms. The van der Waals surface area contributed by atoms with Crippen LogP contribution in [0.2, 0.25) is 0 Å². The summed E-state index contributed by atoms with van der Waals surface area (Å²) in [4.78, 5) is 18.5. The molecule has 19 heavy (non-hydrogen) atoms. The largest absolute Gasteiger partial charge is 0.351 e. The maximum atomic E-state index is 11.9. The molecule has 1 aromatic rings. The van der Waals surface area contributed by atoms with E-state index < -0.39 is 0 Å². The summed E-state index contributed by atoms with van der Waals surface area (Å²) in [5, 5.41) is 5.49. The molecule has 1 aliphatic heterocycles. The lowest BCUT2D eigenvalue weighted by molar-refractivity contribution is 0.0947. The van der Waals surface area contributed by atoms with Gasteiger partial charge in [-0.05, 0) is 45.8 Å². The maximum Gasteiger partial charge on any atom is 0.270 e. The lowest BCUT2D eigenvalue weighted by atomic mass is 10.3. The molecule has 0 aromatic carbocycles. The summed E-state index contributed by atoms with van der Waals surface area (Å²) in [7, 11) is 0. The first-order chi connectivity index (χ1) is 9.16. The molecule has 5 nitrogen and oxygen atoms in total. The third-order valence-electron chi connectivity index (χ3n) is 3.28. The van der Waals surface area contributed by atoms with Crippen LogP contribution in [0.5, 0.6) is 0 Å². The molecule has 106 valence electrons. The highest BCUT2D eigenvalue weighted by Gasteiger charge is 2.13. The minimum Gasteiger partial charge on any atom is -0.351 e. The third-order valence-corrected chi connectivity index (χ3v) is 4.33. The number of amides is 1. The van der Waals surface area contributed by atoms with Crippen LogP contribution >= 0.6 is 11.3 Å². The molecule has 0 aliphatic carbocycles. The van der Waals surface area contributed by atoms with Gasteiger partial charge in [-0.15, -0.1) is 11.3 Å². The van der Waals surface area contributed by atoms with Crippen molar-refractivity contribution in [2.75, 3.05) is 26.2 Å². The molecule has 6 heteroatoms. The fraction of sp³-hybridized carbons (Fsp3) is 0.692. The van der Waals surface area contributed by atoms with Gasteiger partial charge in [0.25, 0.3) is 5.91 Å². The van der Waals surface area contributed by atoms with Gasteiger partial charge in [0.15, 0.2) is 0 Å². The Morgan fingerprint density at radius 1 is 1.58 bits per heavy atom. The Balaban J connectivity index is 1.68. The Labute approximate surface area is 118 Å². The Hall–Kier alpha value is -0.980. The maximum absolute atomic E-state index is 11.9. The van der Waals surface area contributed by atoms with Crippen LogP contribution in [0.3, 0.4) is 0 Å². The quantitative estimate of drug-likeness (QED) is 0.773. The zero-order chi connectivity index (χ0) is 13.7. The van der Waals surface area contributed by atoms with Crippen molar-refractivity contribution in [3.05, 3.63) is 16.1 Å². The second kappa shape index (κ2) is 6.98. The van der Waals surface area contributed by atoms with Crippen LogP contribution in [0.1, 0.15) is 47.7 Å². The number of nitrogens with one attached hydrogen (secondary N) is 1. The first-order valence-electron chi connectivity index (χ1n) is 6.88. The van der Waals surface area contributed by atoms with Crippen LogP contribution in [0.15, 0.2) is 5.38 Å². The Kier molecular flexibility index (Phi) is 5.30. The topological polar surface area (TPSA) is 71.2 Å². The van der Waals surface area contributed by atoms with E-state index in [-0.39, 0.29) is 11.9 Å². The lowest BCUT2D eigenvalue weighted by Crippen LogP contribution is -2.28. The number of nitrogens with zero attached hydrogens (tertiary/aromatic N) is 2. The van der Waals surface area contributed by atoms with E-state index >= 15 is 0 Å². The van der Waals surface area contributed by atoms with Gasteiger partial charge in [0.05, 0.1) is 6.04 Å². The standard InChI is InChI=1S/C13H22N4OS/c1-10(14)13-16-11(9-19-13)12(18)15-5-4-8-17-6-2-3-7-17/h9-10H,2-8,14H2,1H3,(H,15,18). The summed E-state index contributed by atoms with van der Waals surface area (Å²) >= 11 is 1.44. The number of thiazole rings is 1.